The summed E-state index contributed by atoms with van der Waals surface area (Å²) in [6.07, 6.45) is 2.94. The maximum Gasteiger partial charge on any atom is 0.227 e. The van der Waals surface area contributed by atoms with Crippen molar-refractivity contribution in [2.24, 2.45) is 11.7 Å². The molecule has 1 fully saturated rings. The van der Waals surface area contributed by atoms with E-state index in [4.69, 9.17) is 5.73 Å². The number of rotatable bonds is 5. The third-order valence-corrected chi connectivity index (χ3v) is 4.10. The Morgan fingerprint density at radius 2 is 2.53 bits per heavy atom. The number of carbonyl (C=O) groups is 1. The lowest BCUT2D eigenvalue weighted by molar-refractivity contribution is -0.116. The van der Waals surface area contributed by atoms with E-state index >= 15 is 0 Å². The lowest BCUT2D eigenvalue weighted by Gasteiger charge is -2.30. The normalized spacial score (nSPS) is 20.4. The van der Waals surface area contributed by atoms with Crippen molar-refractivity contribution in [2.45, 2.75) is 32.7 Å². The fourth-order valence-corrected chi connectivity index (χ4v) is 3.13. The number of carbonyl (C=O) groups excluding carboxylic acids is 1. The van der Waals surface area contributed by atoms with Crippen molar-refractivity contribution in [1.82, 2.24) is 9.88 Å². The van der Waals surface area contributed by atoms with E-state index in [0.717, 1.165) is 31.2 Å². The Kier molecular flexibility index (Phi) is 5.30. The minimum Gasteiger partial charge on any atom is -0.330 e. The van der Waals surface area contributed by atoms with Gasteiger partial charge in [-0.2, -0.15) is 0 Å². The Balaban J connectivity index is 1.84. The molecule has 1 aromatic heterocycles. The van der Waals surface area contributed by atoms with Crippen LogP contribution in [0.2, 0.25) is 0 Å². The van der Waals surface area contributed by atoms with Crippen molar-refractivity contribution >= 4 is 22.4 Å². The van der Waals surface area contributed by atoms with E-state index < -0.39 is 0 Å². The van der Waals surface area contributed by atoms with Crippen LogP contribution in [0.25, 0.3) is 0 Å². The summed E-state index contributed by atoms with van der Waals surface area (Å²) in [6, 6.07) is 0. The second-order valence-electron chi connectivity index (χ2n) is 5.21. The van der Waals surface area contributed by atoms with Crippen molar-refractivity contribution < 1.29 is 4.79 Å². The Morgan fingerprint density at radius 3 is 3.26 bits per heavy atom. The van der Waals surface area contributed by atoms with Gasteiger partial charge in [-0.25, -0.2) is 4.98 Å². The van der Waals surface area contributed by atoms with E-state index in [2.05, 4.69) is 22.1 Å². The molecule has 1 amide bonds. The monoisotopic (exact) mass is 282 g/mol. The Labute approximate surface area is 118 Å². The van der Waals surface area contributed by atoms with E-state index in [0.29, 0.717) is 18.1 Å². The van der Waals surface area contributed by atoms with Gasteiger partial charge in [0, 0.05) is 31.4 Å². The van der Waals surface area contributed by atoms with Gasteiger partial charge in [-0.3, -0.25) is 9.69 Å². The predicted octanol–water partition coefficient (Wildman–Crippen LogP) is 1.66. The first kappa shape index (κ1) is 14.4. The summed E-state index contributed by atoms with van der Waals surface area (Å²) in [5, 5.41) is 5.48. The third-order valence-electron chi connectivity index (χ3n) is 3.30. The third kappa shape index (κ3) is 4.56. The molecule has 1 aliphatic heterocycles. The van der Waals surface area contributed by atoms with Crippen molar-refractivity contribution in [3.63, 3.8) is 0 Å². The number of thiazole rings is 1. The molecule has 0 aliphatic carbocycles. The molecule has 2 rings (SSSR count). The minimum atomic E-state index is -0.0602. The van der Waals surface area contributed by atoms with Crippen LogP contribution in [0.3, 0.4) is 0 Å². The molecule has 6 heteroatoms. The van der Waals surface area contributed by atoms with Crippen molar-refractivity contribution in [3.8, 4) is 0 Å². The van der Waals surface area contributed by atoms with E-state index in [-0.39, 0.29) is 5.91 Å². The molecule has 5 nitrogen and oxygen atoms in total. The van der Waals surface area contributed by atoms with Gasteiger partial charge in [-0.15, -0.1) is 11.3 Å². The van der Waals surface area contributed by atoms with Crippen molar-refractivity contribution in [3.05, 3.63) is 11.1 Å². The molecule has 0 spiro atoms. The zero-order valence-electron chi connectivity index (χ0n) is 11.4. The number of amides is 1. The van der Waals surface area contributed by atoms with Gasteiger partial charge in [-0.05, 0) is 25.3 Å². The van der Waals surface area contributed by atoms with Gasteiger partial charge in [0.05, 0.1) is 5.69 Å². The minimum absolute atomic E-state index is 0.0602. The molecule has 0 radical (unpaired) electrons. The summed E-state index contributed by atoms with van der Waals surface area (Å²) in [5.41, 5.74) is 6.38. The van der Waals surface area contributed by atoms with Crippen LogP contribution in [0, 0.1) is 5.92 Å². The second kappa shape index (κ2) is 6.98. The van der Waals surface area contributed by atoms with Gasteiger partial charge in [0.1, 0.15) is 0 Å². The molecule has 2 heterocycles. The highest BCUT2D eigenvalue weighted by Crippen LogP contribution is 2.20. The first-order chi connectivity index (χ1) is 9.17. The number of likely N-dealkylation sites (tertiary alicyclic amines) is 1. The number of nitrogens with zero attached hydrogens (tertiary/aromatic N) is 2. The largest absolute Gasteiger partial charge is 0.330 e. The quantitative estimate of drug-likeness (QED) is 0.861. The van der Waals surface area contributed by atoms with E-state index in [9.17, 15) is 4.79 Å². The lowest BCUT2D eigenvalue weighted by atomic mass is 10.0. The Bertz CT molecular complexity index is 421. The maximum atomic E-state index is 11.4. The molecule has 19 heavy (non-hydrogen) atoms. The first-order valence-corrected chi connectivity index (χ1v) is 7.72. The van der Waals surface area contributed by atoms with Crippen LogP contribution in [-0.4, -0.2) is 35.4 Å². The number of nitrogens with two attached hydrogens (primary N) is 1. The topological polar surface area (TPSA) is 71.2 Å². The standard InChI is InChI=1S/C13H22N4OS/c1-10-3-2-6-17(7-10)8-11-9-19-13(15-11)16-12(18)4-5-14/h9-10H,2-8,14H2,1H3,(H,15,16,18). The average Bonchev–Trinajstić information content (AvgIpc) is 2.76. The number of piperidine rings is 1. The van der Waals surface area contributed by atoms with Crippen LogP contribution in [0.4, 0.5) is 5.13 Å². The number of hydrogen-bond donors (Lipinski definition) is 2. The highest BCUT2D eigenvalue weighted by Gasteiger charge is 2.17. The van der Waals surface area contributed by atoms with Crippen LogP contribution in [0.5, 0.6) is 0 Å². The molecular weight excluding hydrogens is 260 g/mol. The SMILES string of the molecule is CC1CCCN(Cc2csc(NC(=O)CCN)n2)C1. The van der Waals surface area contributed by atoms with Gasteiger partial charge < -0.3 is 11.1 Å². The number of hydrogen-bond acceptors (Lipinski definition) is 5. The fourth-order valence-electron chi connectivity index (χ4n) is 2.41. The van der Waals surface area contributed by atoms with Gasteiger partial charge in [-0.1, -0.05) is 6.92 Å². The van der Waals surface area contributed by atoms with Crippen molar-refractivity contribution in [1.29, 1.82) is 0 Å². The van der Waals surface area contributed by atoms with E-state index in [1.54, 1.807) is 0 Å². The first-order valence-electron chi connectivity index (χ1n) is 6.84. The average molecular weight is 282 g/mol. The second-order valence-corrected chi connectivity index (χ2v) is 6.07. The summed E-state index contributed by atoms with van der Waals surface area (Å²) in [7, 11) is 0. The smallest absolute Gasteiger partial charge is 0.227 e. The molecule has 106 valence electrons. The number of aromatic nitrogens is 1. The fraction of sp³-hybridized carbons (Fsp3) is 0.692. The Morgan fingerprint density at radius 1 is 1.68 bits per heavy atom. The van der Waals surface area contributed by atoms with Gasteiger partial charge >= 0.3 is 0 Å². The highest BCUT2D eigenvalue weighted by molar-refractivity contribution is 7.13. The molecule has 1 aliphatic rings. The lowest BCUT2D eigenvalue weighted by Crippen LogP contribution is -2.33. The molecule has 0 saturated carbocycles. The van der Waals surface area contributed by atoms with Crippen LogP contribution < -0.4 is 11.1 Å². The molecule has 1 saturated heterocycles. The summed E-state index contributed by atoms with van der Waals surface area (Å²) in [6.45, 7) is 5.85. The van der Waals surface area contributed by atoms with E-state index in [1.165, 1.54) is 24.2 Å². The molecule has 0 bridgehead atoms. The molecule has 1 atom stereocenters. The van der Waals surface area contributed by atoms with Crippen LogP contribution >= 0.6 is 11.3 Å². The van der Waals surface area contributed by atoms with Gasteiger partial charge in [0.15, 0.2) is 5.13 Å². The van der Waals surface area contributed by atoms with E-state index in [1.807, 2.05) is 5.38 Å². The molecular formula is C13H22N4OS. The molecule has 1 unspecified atom stereocenters. The van der Waals surface area contributed by atoms with Crippen LogP contribution in [0.1, 0.15) is 31.9 Å². The van der Waals surface area contributed by atoms with Gasteiger partial charge in [0.2, 0.25) is 5.91 Å². The molecule has 0 aromatic carbocycles. The van der Waals surface area contributed by atoms with Gasteiger partial charge in [0.25, 0.3) is 0 Å². The number of anilines is 1. The molecule has 3 N–H and O–H groups in total. The zero-order chi connectivity index (χ0) is 13.7. The zero-order valence-corrected chi connectivity index (χ0v) is 12.2. The predicted molar refractivity (Wildman–Crippen MR) is 78.1 cm³/mol. The number of nitrogens with one attached hydrogen (secondary N) is 1. The summed E-state index contributed by atoms with van der Waals surface area (Å²) in [5.74, 6) is 0.714. The summed E-state index contributed by atoms with van der Waals surface area (Å²) < 4.78 is 0. The maximum absolute atomic E-state index is 11.4. The Hall–Kier alpha value is -0.980. The summed E-state index contributed by atoms with van der Waals surface area (Å²) in [4.78, 5) is 18.3. The summed E-state index contributed by atoms with van der Waals surface area (Å²) >= 11 is 1.48. The van der Waals surface area contributed by atoms with Crippen LogP contribution in [0.15, 0.2) is 5.38 Å². The highest BCUT2D eigenvalue weighted by atomic mass is 32.1. The van der Waals surface area contributed by atoms with Crippen molar-refractivity contribution in [2.75, 3.05) is 25.0 Å². The van der Waals surface area contributed by atoms with Crippen LogP contribution in [-0.2, 0) is 11.3 Å². The molecule has 1 aromatic rings.